The second-order valence-electron chi connectivity index (χ2n) is 7.75. The van der Waals surface area contributed by atoms with Crippen molar-refractivity contribution in [1.82, 2.24) is 4.98 Å². The average Bonchev–Trinajstić information content (AvgIpc) is 3.17. The molecule has 0 radical (unpaired) electrons. The van der Waals surface area contributed by atoms with Crippen molar-refractivity contribution in [2.24, 2.45) is 11.1 Å². The molecule has 2 atom stereocenters. The fourth-order valence-electron chi connectivity index (χ4n) is 3.23. The van der Waals surface area contributed by atoms with Gasteiger partial charge in [0.1, 0.15) is 23.2 Å². The molecule has 0 amide bonds. The smallest absolute Gasteiger partial charge is 0.312 e. The lowest BCUT2D eigenvalue weighted by Gasteiger charge is -2.13. The van der Waals surface area contributed by atoms with Crippen molar-refractivity contribution in [2.45, 2.75) is 40.0 Å². The summed E-state index contributed by atoms with van der Waals surface area (Å²) in [5.41, 5.74) is 2.39. The lowest BCUT2D eigenvalue weighted by atomic mass is 9.95. The zero-order valence-electron chi connectivity index (χ0n) is 19.1. The van der Waals surface area contributed by atoms with E-state index < -0.39 is 18.2 Å². The summed E-state index contributed by atoms with van der Waals surface area (Å²) in [5.74, 6) is -0.615. The molecule has 2 unspecified atom stereocenters. The second kappa shape index (κ2) is 11.4. The first-order chi connectivity index (χ1) is 16.2. The molecule has 0 aliphatic heterocycles. The Bertz CT molecular complexity index is 1130. The lowest BCUT2D eigenvalue weighted by molar-refractivity contribution is -0.139. The Morgan fingerprint density at radius 2 is 1.85 bits per heavy atom. The number of carboxylic acid groups (broad SMARTS) is 1. The maximum atomic E-state index is 13.1. The van der Waals surface area contributed by atoms with Gasteiger partial charge in [0.25, 0.3) is 6.36 Å². The van der Waals surface area contributed by atoms with E-state index in [4.69, 9.17) is 9.15 Å². The first-order valence-electron chi connectivity index (χ1n) is 10.7. The molecular formula is C25H26F2N2O5. The van der Waals surface area contributed by atoms with Gasteiger partial charge in [-0.3, -0.25) is 4.79 Å². The first kappa shape index (κ1) is 24.9. The molecule has 1 heterocycles. The predicted molar refractivity (Wildman–Crippen MR) is 122 cm³/mol. The lowest BCUT2D eigenvalue weighted by Crippen LogP contribution is -2.24. The van der Waals surface area contributed by atoms with Gasteiger partial charge in [0.2, 0.25) is 5.89 Å². The molecule has 0 saturated heterocycles. The van der Waals surface area contributed by atoms with E-state index >= 15 is 0 Å². The molecule has 3 rings (SSSR count). The van der Waals surface area contributed by atoms with Crippen LogP contribution in [0.2, 0.25) is 0 Å². The number of aliphatic carboxylic acids is 1. The maximum Gasteiger partial charge on any atom is 0.312 e. The Hall–Kier alpha value is -3.75. The number of halogens is 2. The van der Waals surface area contributed by atoms with Crippen LogP contribution in [-0.2, 0) is 22.5 Å². The van der Waals surface area contributed by atoms with Crippen LogP contribution >= 0.6 is 0 Å². The van der Waals surface area contributed by atoms with Crippen molar-refractivity contribution in [3.63, 3.8) is 0 Å². The van der Waals surface area contributed by atoms with Crippen LogP contribution in [0.4, 0.5) is 8.78 Å². The van der Waals surface area contributed by atoms with E-state index in [0.717, 1.165) is 11.3 Å². The third-order valence-electron chi connectivity index (χ3n) is 5.10. The van der Waals surface area contributed by atoms with E-state index in [2.05, 4.69) is 15.0 Å². The number of hydrogen-bond donors (Lipinski definition) is 1. The number of oxazole rings is 1. The highest BCUT2D eigenvalue weighted by Crippen LogP contribution is 2.23. The van der Waals surface area contributed by atoms with Crippen molar-refractivity contribution < 1.29 is 32.7 Å². The number of carboxylic acids is 1. The third-order valence-corrected chi connectivity index (χ3v) is 5.10. The number of aryl methyl sites for hydroxylation is 1. The highest BCUT2D eigenvalue weighted by atomic mass is 19.1. The number of hydrogen-bond acceptors (Lipinski definition) is 6. The highest BCUT2D eigenvalue weighted by molar-refractivity contribution is 6.00. The van der Waals surface area contributed by atoms with Crippen LogP contribution in [0.5, 0.6) is 5.75 Å². The summed E-state index contributed by atoms with van der Waals surface area (Å²) in [6, 6.07) is 13.0. The molecule has 0 bridgehead atoms. The standard InChI is InChI=1S/C25H26F2N2O5/c1-15(29-34-17(3)26)22(25(30)31)14-18-4-10-21(11-5-18)32-13-12-23-16(2)33-24(28-23)19-6-8-20(27)9-7-19/h4-11,17,22H,12-14H2,1-3H3,(H,30,31)/b29-15-. The van der Waals surface area contributed by atoms with E-state index in [-0.39, 0.29) is 17.9 Å². The summed E-state index contributed by atoms with van der Waals surface area (Å²) < 4.78 is 37.4. The molecule has 0 spiro atoms. The largest absolute Gasteiger partial charge is 0.493 e. The number of carbonyl (C=O) groups is 1. The number of benzene rings is 2. The quantitative estimate of drug-likeness (QED) is 0.298. The Kier molecular flexibility index (Phi) is 8.34. The molecule has 34 heavy (non-hydrogen) atoms. The van der Waals surface area contributed by atoms with Crippen LogP contribution in [0.1, 0.15) is 30.9 Å². The van der Waals surface area contributed by atoms with Gasteiger partial charge in [-0.25, -0.2) is 9.37 Å². The van der Waals surface area contributed by atoms with Crippen LogP contribution < -0.4 is 4.74 Å². The predicted octanol–water partition coefficient (Wildman–Crippen LogP) is 5.36. The monoisotopic (exact) mass is 472 g/mol. The molecule has 0 saturated carbocycles. The zero-order valence-corrected chi connectivity index (χ0v) is 19.1. The minimum absolute atomic E-state index is 0.180. The Morgan fingerprint density at radius 3 is 2.47 bits per heavy atom. The van der Waals surface area contributed by atoms with Crippen molar-refractivity contribution in [2.75, 3.05) is 6.61 Å². The third kappa shape index (κ3) is 6.87. The van der Waals surface area contributed by atoms with Gasteiger partial charge in [0.15, 0.2) is 0 Å². The van der Waals surface area contributed by atoms with Gasteiger partial charge in [0.05, 0.1) is 18.0 Å². The number of oxime groups is 1. The first-order valence-corrected chi connectivity index (χ1v) is 10.7. The van der Waals surface area contributed by atoms with Crippen LogP contribution in [0.15, 0.2) is 58.1 Å². The van der Waals surface area contributed by atoms with Gasteiger partial charge in [0, 0.05) is 18.9 Å². The number of alkyl halides is 1. The number of rotatable bonds is 11. The zero-order chi connectivity index (χ0) is 24.7. The number of aromatic nitrogens is 1. The van der Waals surface area contributed by atoms with E-state index in [9.17, 15) is 18.7 Å². The summed E-state index contributed by atoms with van der Waals surface area (Å²) in [7, 11) is 0. The van der Waals surface area contributed by atoms with Crippen molar-refractivity contribution in [1.29, 1.82) is 0 Å². The molecule has 1 aromatic heterocycles. The van der Waals surface area contributed by atoms with E-state index in [0.29, 0.717) is 36.0 Å². The minimum atomic E-state index is -1.61. The SMILES string of the molecule is C/C(=N/OC(C)F)C(Cc1ccc(OCCc2nc(-c3ccc(F)cc3)oc2C)cc1)C(=O)O. The Labute approximate surface area is 196 Å². The molecule has 0 fully saturated rings. The van der Waals surface area contributed by atoms with E-state index in [1.807, 2.05) is 6.92 Å². The summed E-state index contributed by atoms with van der Waals surface area (Å²) in [6.07, 6.45) is -0.919. The normalized spacial score (nSPS) is 13.4. The van der Waals surface area contributed by atoms with Crippen LogP contribution in [0.3, 0.4) is 0 Å². The van der Waals surface area contributed by atoms with Crippen LogP contribution in [0.25, 0.3) is 11.5 Å². The van der Waals surface area contributed by atoms with Gasteiger partial charge in [-0.15, -0.1) is 0 Å². The molecule has 3 aromatic rings. The molecule has 1 N–H and O–H groups in total. The van der Waals surface area contributed by atoms with Gasteiger partial charge in [-0.1, -0.05) is 17.3 Å². The van der Waals surface area contributed by atoms with Crippen molar-refractivity contribution in [3.05, 3.63) is 71.4 Å². The van der Waals surface area contributed by atoms with Crippen LogP contribution in [-0.4, -0.2) is 34.7 Å². The topological polar surface area (TPSA) is 94.2 Å². The van der Waals surface area contributed by atoms with Gasteiger partial charge in [-0.05, 0) is 62.2 Å². The fourth-order valence-corrected chi connectivity index (χ4v) is 3.23. The summed E-state index contributed by atoms with van der Waals surface area (Å²) in [5, 5.41) is 13.0. The maximum absolute atomic E-state index is 13.1. The minimum Gasteiger partial charge on any atom is -0.493 e. The van der Waals surface area contributed by atoms with Crippen molar-refractivity contribution in [3.8, 4) is 17.2 Å². The Morgan fingerprint density at radius 1 is 1.18 bits per heavy atom. The summed E-state index contributed by atoms with van der Waals surface area (Å²) in [6.45, 7) is 4.83. The summed E-state index contributed by atoms with van der Waals surface area (Å²) in [4.78, 5) is 20.6. The summed E-state index contributed by atoms with van der Waals surface area (Å²) >= 11 is 0. The molecular weight excluding hydrogens is 446 g/mol. The Balaban J connectivity index is 1.55. The molecule has 9 heteroatoms. The highest BCUT2D eigenvalue weighted by Gasteiger charge is 2.22. The van der Waals surface area contributed by atoms with Gasteiger partial charge < -0.3 is 19.1 Å². The van der Waals surface area contributed by atoms with Gasteiger partial charge in [-0.2, -0.15) is 4.39 Å². The molecule has 2 aromatic carbocycles. The molecule has 7 nitrogen and oxygen atoms in total. The van der Waals surface area contributed by atoms with E-state index in [1.165, 1.54) is 26.0 Å². The molecule has 180 valence electrons. The van der Waals surface area contributed by atoms with Crippen molar-refractivity contribution >= 4 is 11.7 Å². The average molecular weight is 472 g/mol. The molecule has 0 aliphatic rings. The fraction of sp³-hybridized carbons (Fsp3) is 0.320. The van der Waals surface area contributed by atoms with E-state index in [1.54, 1.807) is 36.4 Å². The van der Waals surface area contributed by atoms with Crippen LogP contribution in [0, 0.1) is 18.7 Å². The second-order valence-corrected chi connectivity index (χ2v) is 7.75. The number of nitrogens with zero attached hydrogens (tertiary/aromatic N) is 2. The molecule has 0 aliphatic carbocycles. The number of ether oxygens (including phenoxy) is 1. The van der Waals surface area contributed by atoms with Gasteiger partial charge >= 0.3 is 5.97 Å².